The second-order valence-corrected chi connectivity index (χ2v) is 8.90. The Morgan fingerprint density at radius 2 is 1.79 bits per heavy atom. The largest absolute Gasteiger partial charge is 0.381 e. The van der Waals surface area contributed by atoms with Crippen LogP contribution in [0, 0.1) is 0 Å². The summed E-state index contributed by atoms with van der Waals surface area (Å²) in [6, 6.07) is 19.3. The monoisotopic (exact) mass is 575 g/mol. The number of fused-ring (bicyclic) bond motifs is 1. The molecule has 1 aliphatic heterocycles. The van der Waals surface area contributed by atoms with Gasteiger partial charge < -0.3 is 25.7 Å². The van der Waals surface area contributed by atoms with E-state index in [1.165, 1.54) is 22.0 Å². The van der Waals surface area contributed by atoms with E-state index in [-0.39, 0.29) is 35.6 Å². The molecule has 3 aromatic rings. The smallest absolute Gasteiger partial charge is 0.191 e. The number of aliphatic imine (C=N–C) groups is 1. The lowest BCUT2D eigenvalue weighted by atomic mass is 9.88. The number of aromatic amines is 1. The molecule has 2 heterocycles. The average molecular weight is 576 g/mol. The number of aromatic nitrogens is 1. The van der Waals surface area contributed by atoms with Gasteiger partial charge in [0.05, 0.1) is 6.54 Å². The molecule has 0 spiro atoms. The Labute approximate surface area is 220 Å². The van der Waals surface area contributed by atoms with Gasteiger partial charge in [-0.25, -0.2) is 0 Å². The molecular weight excluding hydrogens is 537 g/mol. The van der Waals surface area contributed by atoms with E-state index in [0.717, 1.165) is 58.1 Å². The summed E-state index contributed by atoms with van der Waals surface area (Å²) in [4.78, 5) is 8.37. The lowest BCUT2D eigenvalue weighted by molar-refractivity contribution is 0.0374. The highest BCUT2D eigenvalue weighted by molar-refractivity contribution is 14.0. The average Bonchev–Trinajstić information content (AvgIpc) is 3.27. The quantitative estimate of drug-likeness (QED) is 0.168. The van der Waals surface area contributed by atoms with Gasteiger partial charge in [0.2, 0.25) is 0 Å². The number of hydrogen-bond donors (Lipinski definition) is 4. The summed E-state index contributed by atoms with van der Waals surface area (Å²) >= 11 is 0. The number of halogens is 1. The van der Waals surface area contributed by atoms with Crippen molar-refractivity contribution in [2.24, 2.45) is 4.99 Å². The van der Waals surface area contributed by atoms with E-state index in [4.69, 9.17) is 9.73 Å². The van der Waals surface area contributed by atoms with Crippen molar-refractivity contribution in [3.63, 3.8) is 0 Å². The summed E-state index contributed by atoms with van der Waals surface area (Å²) in [5, 5.41) is 12.1. The highest BCUT2D eigenvalue weighted by atomic mass is 127. The van der Waals surface area contributed by atoms with Crippen molar-refractivity contribution in [2.75, 3.05) is 32.8 Å². The molecule has 1 saturated heterocycles. The molecule has 1 fully saturated rings. The maximum Gasteiger partial charge on any atom is 0.191 e. The number of ether oxygens (including phenoxy) is 1. The minimum absolute atomic E-state index is 0. The number of nitrogens with one attached hydrogen (secondary N) is 4. The normalized spacial score (nSPS) is 16.6. The fraction of sp³-hybridized carbons (Fsp3) is 0.444. The Morgan fingerprint density at radius 3 is 2.56 bits per heavy atom. The van der Waals surface area contributed by atoms with E-state index in [0.29, 0.717) is 0 Å². The van der Waals surface area contributed by atoms with Crippen LogP contribution in [0.3, 0.4) is 0 Å². The van der Waals surface area contributed by atoms with Gasteiger partial charge in [0, 0.05) is 55.0 Å². The van der Waals surface area contributed by atoms with E-state index >= 15 is 0 Å². The lowest BCUT2D eigenvalue weighted by Gasteiger charge is -2.39. The van der Waals surface area contributed by atoms with Gasteiger partial charge in [-0.1, -0.05) is 48.5 Å². The molecule has 7 heteroatoms. The standard InChI is InChI=1S/C27H37N5O.HI/c1-3-28-26(29-16-13-23-19-30-25-12-8-7-11-24(23)25)31-20-27(14-17-33-18-15-27)32-21(2)22-9-5-4-6-10-22;/h4-12,19,21,30,32H,3,13-18,20H2,1-2H3,(H2,28,29,31);1H. The molecule has 1 unspecified atom stereocenters. The summed E-state index contributed by atoms with van der Waals surface area (Å²) in [5.41, 5.74) is 3.75. The molecule has 0 amide bonds. The van der Waals surface area contributed by atoms with Crippen LogP contribution in [-0.2, 0) is 11.2 Å². The predicted molar refractivity (Wildman–Crippen MR) is 152 cm³/mol. The van der Waals surface area contributed by atoms with E-state index in [1.807, 2.05) is 0 Å². The molecule has 1 atom stereocenters. The number of benzene rings is 2. The molecule has 184 valence electrons. The number of nitrogens with zero attached hydrogens (tertiary/aromatic N) is 1. The predicted octanol–water partition coefficient (Wildman–Crippen LogP) is 4.78. The third-order valence-electron chi connectivity index (χ3n) is 6.52. The highest BCUT2D eigenvalue weighted by Crippen LogP contribution is 2.26. The molecule has 0 bridgehead atoms. The molecule has 0 radical (unpaired) electrons. The summed E-state index contributed by atoms with van der Waals surface area (Å²) in [6.07, 6.45) is 4.98. The lowest BCUT2D eigenvalue weighted by Crippen LogP contribution is -2.53. The van der Waals surface area contributed by atoms with Crippen molar-refractivity contribution >= 4 is 40.8 Å². The zero-order valence-corrected chi connectivity index (χ0v) is 22.6. The van der Waals surface area contributed by atoms with E-state index in [1.54, 1.807) is 0 Å². The first-order chi connectivity index (χ1) is 16.2. The number of guanidine groups is 1. The van der Waals surface area contributed by atoms with Crippen LogP contribution < -0.4 is 16.0 Å². The third kappa shape index (κ3) is 6.96. The van der Waals surface area contributed by atoms with Crippen LogP contribution in [0.15, 0.2) is 65.8 Å². The topological polar surface area (TPSA) is 73.5 Å². The second kappa shape index (κ2) is 13.1. The fourth-order valence-electron chi connectivity index (χ4n) is 4.62. The van der Waals surface area contributed by atoms with Gasteiger partial charge in [-0.3, -0.25) is 4.99 Å². The van der Waals surface area contributed by atoms with Crippen LogP contribution in [0.1, 0.15) is 43.9 Å². The molecule has 4 rings (SSSR count). The second-order valence-electron chi connectivity index (χ2n) is 8.90. The van der Waals surface area contributed by atoms with Gasteiger partial charge in [-0.15, -0.1) is 24.0 Å². The molecule has 1 aliphatic rings. The van der Waals surface area contributed by atoms with Crippen molar-refractivity contribution < 1.29 is 4.74 Å². The molecular formula is C27H38IN5O. The Balaban J connectivity index is 0.00000324. The summed E-state index contributed by atoms with van der Waals surface area (Å²) in [7, 11) is 0. The minimum atomic E-state index is -0.0628. The summed E-state index contributed by atoms with van der Waals surface area (Å²) < 4.78 is 5.69. The first-order valence-corrected chi connectivity index (χ1v) is 12.2. The SMILES string of the molecule is CCNC(=NCC1(NC(C)c2ccccc2)CCOCC1)NCCc1c[nH]c2ccccc12.I. The van der Waals surface area contributed by atoms with Crippen molar-refractivity contribution in [1.29, 1.82) is 0 Å². The number of para-hydroxylation sites is 1. The van der Waals surface area contributed by atoms with Gasteiger partial charge in [-0.05, 0) is 50.3 Å². The Morgan fingerprint density at radius 1 is 1.06 bits per heavy atom. The minimum Gasteiger partial charge on any atom is -0.381 e. The fourth-order valence-corrected chi connectivity index (χ4v) is 4.62. The maximum absolute atomic E-state index is 5.69. The van der Waals surface area contributed by atoms with Gasteiger partial charge >= 0.3 is 0 Å². The van der Waals surface area contributed by atoms with Crippen molar-refractivity contribution in [3.8, 4) is 0 Å². The zero-order chi connectivity index (χ0) is 22.9. The van der Waals surface area contributed by atoms with Crippen LogP contribution in [0.2, 0.25) is 0 Å². The van der Waals surface area contributed by atoms with Crippen LogP contribution >= 0.6 is 24.0 Å². The summed E-state index contributed by atoms with van der Waals surface area (Å²) in [6.45, 7) is 8.28. The van der Waals surface area contributed by atoms with E-state index in [2.05, 4.69) is 95.6 Å². The van der Waals surface area contributed by atoms with Gasteiger partial charge in [-0.2, -0.15) is 0 Å². The molecule has 4 N–H and O–H groups in total. The first kappa shape index (κ1) is 26.5. The Bertz CT molecular complexity index is 1030. The molecule has 2 aromatic carbocycles. The number of rotatable bonds is 9. The first-order valence-electron chi connectivity index (χ1n) is 12.2. The van der Waals surface area contributed by atoms with Crippen molar-refractivity contribution in [3.05, 3.63) is 71.9 Å². The molecule has 34 heavy (non-hydrogen) atoms. The third-order valence-corrected chi connectivity index (χ3v) is 6.52. The van der Waals surface area contributed by atoms with Gasteiger partial charge in [0.1, 0.15) is 0 Å². The molecule has 1 aromatic heterocycles. The van der Waals surface area contributed by atoms with E-state index in [9.17, 15) is 0 Å². The van der Waals surface area contributed by atoms with Crippen LogP contribution in [0.5, 0.6) is 0 Å². The van der Waals surface area contributed by atoms with Crippen molar-refractivity contribution in [2.45, 2.75) is 44.7 Å². The molecule has 6 nitrogen and oxygen atoms in total. The Kier molecular flexibility index (Phi) is 10.2. The maximum atomic E-state index is 5.69. The van der Waals surface area contributed by atoms with Gasteiger partial charge in [0.25, 0.3) is 0 Å². The zero-order valence-electron chi connectivity index (χ0n) is 20.3. The van der Waals surface area contributed by atoms with E-state index < -0.39 is 0 Å². The van der Waals surface area contributed by atoms with Gasteiger partial charge in [0.15, 0.2) is 5.96 Å². The number of H-pyrrole nitrogens is 1. The molecule has 0 aliphatic carbocycles. The van der Waals surface area contributed by atoms with Crippen molar-refractivity contribution in [1.82, 2.24) is 20.9 Å². The molecule has 0 saturated carbocycles. The Hall–Kier alpha value is -2.10. The van der Waals surface area contributed by atoms with Crippen LogP contribution in [-0.4, -0.2) is 49.3 Å². The van der Waals surface area contributed by atoms with Crippen LogP contribution in [0.4, 0.5) is 0 Å². The summed E-state index contributed by atoms with van der Waals surface area (Å²) in [5.74, 6) is 0.873. The highest BCUT2D eigenvalue weighted by Gasteiger charge is 2.34. The van der Waals surface area contributed by atoms with Crippen LogP contribution in [0.25, 0.3) is 10.9 Å². The number of hydrogen-bond acceptors (Lipinski definition) is 3.